The van der Waals surface area contributed by atoms with Gasteiger partial charge in [0.2, 0.25) is 5.66 Å². The van der Waals surface area contributed by atoms with Gasteiger partial charge >= 0.3 is 0 Å². The molecule has 1 aromatic rings. The van der Waals surface area contributed by atoms with E-state index in [1.165, 1.54) is 0 Å². The number of ether oxygens (including phenoxy) is 2. The summed E-state index contributed by atoms with van der Waals surface area (Å²) in [5.74, 6) is 1.29. The van der Waals surface area contributed by atoms with Crippen molar-refractivity contribution < 1.29 is 14.2 Å². The van der Waals surface area contributed by atoms with Crippen LogP contribution in [0.4, 0.5) is 5.69 Å². The summed E-state index contributed by atoms with van der Waals surface area (Å²) in [6.45, 7) is 5.87. The molecule has 1 heterocycles. The Balaban J connectivity index is 2.64. The maximum Gasteiger partial charge on any atom is 0.245 e. The van der Waals surface area contributed by atoms with Crippen molar-refractivity contribution in [3.8, 4) is 11.5 Å². The summed E-state index contributed by atoms with van der Waals surface area (Å²) >= 11 is 0. The van der Waals surface area contributed by atoms with Crippen molar-refractivity contribution in [3.05, 3.63) is 22.9 Å². The zero-order valence-corrected chi connectivity index (χ0v) is 12.7. The second kappa shape index (κ2) is 5.23. The third-order valence-electron chi connectivity index (χ3n) is 4.14. The second-order valence-corrected chi connectivity index (χ2v) is 5.00. The standard InChI is InChI=1S/C15H22N2O3/c1-6-15(7-2)16-12-9-14(20-5)13(19-4)8-11(12)10(3)17(15)18/h8-9,16H,6-7H2,1-5H3. The highest BCUT2D eigenvalue weighted by Gasteiger charge is 2.41. The van der Waals surface area contributed by atoms with Gasteiger partial charge in [0.25, 0.3) is 0 Å². The smallest absolute Gasteiger partial charge is 0.245 e. The normalized spacial score (nSPS) is 16.4. The fourth-order valence-electron chi connectivity index (χ4n) is 2.73. The molecule has 110 valence electrons. The van der Waals surface area contributed by atoms with E-state index in [0.717, 1.165) is 28.8 Å². The lowest BCUT2D eigenvalue weighted by Gasteiger charge is -2.37. The zero-order chi connectivity index (χ0) is 14.9. The van der Waals surface area contributed by atoms with Crippen molar-refractivity contribution in [1.82, 2.24) is 0 Å². The van der Waals surface area contributed by atoms with Gasteiger partial charge in [0.05, 0.1) is 25.5 Å². The van der Waals surface area contributed by atoms with E-state index in [2.05, 4.69) is 5.32 Å². The molecule has 0 fully saturated rings. The summed E-state index contributed by atoms with van der Waals surface area (Å²) < 4.78 is 11.7. The van der Waals surface area contributed by atoms with Crippen LogP contribution >= 0.6 is 0 Å². The molecule has 0 saturated carbocycles. The first kappa shape index (κ1) is 14.5. The Bertz CT molecular complexity index is 548. The Hall–Kier alpha value is -1.91. The minimum atomic E-state index is -0.587. The van der Waals surface area contributed by atoms with E-state index in [1.54, 1.807) is 14.2 Å². The SMILES string of the molecule is CCC1(CC)Nc2cc(OC)c(OC)cc2C(C)=[N+]1[O-]. The van der Waals surface area contributed by atoms with E-state index in [4.69, 9.17) is 9.47 Å². The molecule has 0 spiro atoms. The second-order valence-electron chi connectivity index (χ2n) is 5.00. The lowest BCUT2D eigenvalue weighted by Crippen LogP contribution is -2.51. The number of hydrogen-bond acceptors (Lipinski definition) is 4. The van der Waals surface area contributed by atoms with E-state index in [9.17, 15) is 5.21 Å². The summed E-state index contributed by atoms with van der Waals surface area (Å²) in [4.78, 5) is 0. The van der Waals surface area contributed by atoms with Crippen LogP contribution in [0, 0.1) is 5.21 Å². The van der Waals surface area contributed by atoms with Gasteiger partial charge < -0.3 is 20.0 Å². The molecule has 5 nitrogen and oxygen atoms in total. The molecule has 0 bridgehead atoms. The molecule has 1 aromatic carbocycles. The van der Waals surface area contributed by atoms with Gasteiger partial charge in [-0.2, -0.15) is 4.74 Å². The number of benzene rings is 1. The van der Waals surface area contributed by atoms with Crippen LogP contribution < -0.4 is 14.8 Å². The number of nitrogens with one attached hydrogen (secondary N) is 1. The van der Waals surface area contributed by atoms with E-state index in [-0.39, 0.29) is 0 Å². The summed E-state index contributed by atoms with van der Waals surface area (Å²) in [6.07, 6.45) is 1.44. The lowest BCUT2D eigenvalue weighted by atomic mass is 9.96. The van der Waals surface area contributed by atoms with Gasteiger partial charge in [0.15, 0.2) is 17.2 Å². The fourth-order valence-corrected chi connectivity index (χ4v) is 2.73. The van der Waals surface area contributed by atoms with Crippen LogP contribution in [0.25, 0.3) is 0 Å². The molecule has 1 N–H and O–H groups in total. The van der Waals surface area contributed by atoms with Gasteiger partial charge in [-0.1, -0.05) is 13.8 Å². The first-order chi connectivity index (χ1) is 9.52. The molecule has 0 aliphatic carbocycles. The summed E-state index contributed by atoms with van der Waals surface area (Å²) in [6, 6.07) is 3.74. The van der Waals surface area contributed by atoms with Gasteiger partial charge in [-0.05, 0) is 6.07 Å². The summed E-state index contributed by atoms with van der Waals surface area (Å²) in [5, 5.41) is 15.9. The van der Waals surface area contributed by atoms with E-state index >= 15 is 0 Å². The van der Waals surface area contributed by atoms with Gasteiger partial charge in [0, 0.05) is 25.8 Å². The number of fused-ring (bicyclic) bond motifs is 1. The highest BCUT2D eigenvalue weighted by Crippen LogP contribution is 2.38. The van der Waals surface area contributed by atoms with Crippen LogP contribution in [0.5, 0.6) is 11.5 Å². The van der Waals surface area contributed by atoms with Crippen molar-refractivity contribution >= 4 is 11.4 Å². The molecular formula is C15H22N2O3. The van der Waals surface area contributed by atoms with Gasteiger partial charge in [-0.3, -0.25) is 0 Å². The van der Waals surface area contributed by atoms with Crippen LogP contribution in [0.1, 0.15) is 39.2 Å². The summed E-state index contributed by atoms with van der Waals surface area (Å²) in [5.41, 5.74) is 1.88. The Kier molecular flexibility index (Phi) is 3.79. The van der Waals surface area contributed by atoms with E-state index in [0.29, 0.717) is 17.2 Å². The molecule has 0 atom stereocenters. The molecule has 0 saturated heterocycles. The number of hydrogen-bond donors (Lipinski definition) is 1. The van der Waals surface area contributed by atoms with Crippen molar-refractivity contribution in [1.29, 1.82) is 0 Å². The number of rotatable bonds is 4. The minimum Gasteiger partial charge on any atom is -0.622 e. The average molecular weight is 278 g/mol. The number of nitrogens with zero attached hydrogens (tertiary/aromatic N) is 1. The Labute approximate surface area is 119 Å². The highest BCUT2D eigenvalue weighted by molar-refractivity contribution is 6.02. The van der Waals surface area contributed by atoms with Crippen LogP contribution in [-0.2, 0) is 0 Å². The molecule has 2 rings (SSSR count). The molecule has 0 unspecified atom stereocenters. The van der Waals surface area contributed by atoms with Crippen LogP contribution in [0.3, 0.4) is 0 Å². The van der Waals surface area contributed by atoms with Gasteiger partial charge in [-0.15, -0.1) is 0 Å². The van der Waals surface area contributed by atoms with Crippen LogP contribution in [0.15, 0.2) is 12.1 Å². The van der Waals surface area contributed by atoms with Crippen molar-refractivity contribution in [2.45, 2.75) is 39.3 Å². The largest absolute Gasteiger partial charge is 0.622 e. The maximum absolute atomic E-state index is 12.6. The van der Waals surface area contributed by atoms with Crippen molar-refractivity contribution in [3.63, 3.8) is 0 Å². The summed E-state index contributed by atoms with van der Waals surface area (Å²) in [7, 11) is 3.20. The molecule has 20 heavy (non-hydrogen) atoms. The van der Waals surface area contributed by atoms with Gasteiger partial charge in [-0.25, -0.2) is 0 Å². The Morgan fingerprint density at radius 1 is 1.15 bits per heavy atom. The molecule has 1 aliphatic rings. The zero-order valence-electron chi connectivity index (χ0n) is 12.7. The highest BCUT2D eigenvalue weighted by atomic mass is 16.5. The molecule has 0 aromatic heterocycles. The van der Waals surface area contributed by atoms with E-state index < -0.39 is 5.66 Å². The topological polar surface area (TPSA) is 56.6 Å². The minimum absolute atomic E-state index is 0.587. The van der Waals surface area contributed by atoms with Crippen molar-refractivity contribution in [2.75, 3.05) is 19.5 Å². The predicted octanol–water partition coefficient (Wildman–Crippen LogP) is 2.96. The first-order valence-electron chi connectivity index (χ1n) is 6.88. The molecule has 5 heteroatoms. The van der Waals surface area contributed by atoms with Gasteiger partial charge in [0.1, 0.15) is 0 Å². The average Bonchev–Trinajstić information content (AvgIpc) is 2.49. The number of hydroxylamine groups is 1. The van der Waals surface area contributed by atoms with Crippen LogP contribution in [-0.4, -0.2) is 30.3 Å². The van der Waals surface area contributed by atoms with Crippen molar-refractivity contribution in [2.24, 2.45) is 0 Å². The third-order valence-corrected chi connectivity index (χ3v) is 4.14. The number of anilines is 1. The molecule has 0 radical (unpaired) electrons. The molecule has 1 aliphatic heterocycles. The molecule has 0 amide bonds. The molecular weight excluding hydrogens is 256 g/mol. The first-order valence-corrected chi connectivity index (χ1v) is 6.88. The fraction of sp³-hybridized carbons (Fsp3) is 0.533. The predicted molar refractivity (Wildman–Crippen MR) is 79.9 cm³/mol. The number of methoxy groups -OCH3 is 2. The lowest BCUT2D eigenvalue weighted by molar-refractivity contribution is -0.544. The maximum atomic E-state index is 12.6. The van der Waals surface area contributed by atoms with E-state index in [1.807, 2.05) is 32.9 Å². The third kappa shape index (κ3) is 1.97. The monoisotopic (exact) mass is 278 g/mol. The Morgan fingerprint density at radius 2 is 1.70 bits per heavy atom. The van der Waals surface area contributed by atoms with Crippen LogP contribution in [0.2, 0.25) is 0 Å². The Morgan fingerprint density at radius 3 is 2.20 bits per heavy atom. The quantitative estimate of drug-likeness (QED) is 0.679.